The molecule has 0 saturated carbocycles. The van der Waals surface area contributed by atoms with Crippen LogP contribution in [0.1, 0.15) is 18.6 Å². The van der Waals surface area contributed by atoms with Crippen molar-refractivity contribution < 1.29 is 19.4 Å². The number of amides is 1. The molecule has 2 rings (SSSR count). The van der Waals surface area contributed by atoms with Gasteiger partial charge in [-0.1, -0.05) is 42.5 Å². The molecule has 0 radical (unpaired) electrons. The minimum absolute atomic E-state index is 0.0297. The molecule has 0 bridgehead atoms. The number of carbonyl (C=O) groups is 1. The zero-order valence-corrected chi connectivity index (χ0v) is 14.8. The summed E-state index contributed by atoms with van der Waals surface area (Å²) in [5.74, 6) is 0.627. The maximum absolute atomic E-state index is 11.4. The number of carbonyl (C=O) groups excluding carboxylic acids is 1. The van der Waals surface area contributed by atoms with Crippen molar-refractivity contribution in [1.82, 2.24) is 5.32 Å². The summed E-state index contributed by atoms with van der Waals surface area (Å²) in [5, 5.41) is 13.1. The molecule has 134 valence electrons. The van der Waals surface area contributed by atoms with Crippen molar-refractivity contribution in [2.75, 3.05) is 19.0 Å². The lowest BCUT2D eigenvalue weighted by Crippen LogP contribution is -2.37. The molecule has 2 aromatic carbocycles. The van der Waals surface area contributed by atoms with Crippen LogP contribution in [0.2, 0.25) is 0 Å². The zero-order valence-electron chi connectivity index (χ0n) is 14.0. The van der Waals surface area contributed by atoms with Crippen molar-refractivity contribution in [2.24, 2.45) is 0 Å². The largest absolute Gasteiger partial charge is 0.490 e. The van der Waals surface area contributed by atoms with Crippen LogP contribution >= 0.6 is 11.6 Å². The van der Waals surface area contributed by atoms with E-state index in [-0.39, 0.29) is 18.3 Å². The van der Waals surface area contributed by atoms with Crippen molar-refractivity contribution in [2.45, 2.75) is 19.1 Å². The Morgan fingerprint density at radius 2 is 1.76 bits per heavy atom. The molecular formula is C19H22ClNO4. The molecule has 0 heterocycles. The fourth-order valence-electron chi connectivity index (χ4n) is 2.34. The number of halogens is 1. The average molecular weight is 364 g/mol. The normalized spacial score (nSPS) is 12.9. The second-order valence-electron chi connectivity index (χ2n) is 5.33. The van der Waals surface area contributed by atoms with Crippen LogP contribution in [-0.2, 0) is 4.79 Å². The standard InChI is InChI=1S/C19H22ClNO4/c1-2-24-16-10-6-7-11-17(16)25-19(14-8-4-3-5-9-14)15(22)13-21-18(23)12-20/h3-11,15,19,22H,2,12-13H2,1H3,(H,21,23). The molecule has 0 aromatic heterocycles. The second-order valence-corrected chi connectivity index (χ2v) is 5.60. The summed E-state index contributed by atoms with van der Waals surface area (Å²) < 4.78 is 11.6. The highest BCUT2D eigenvalue weighted by molar-refractivity contribution is 6.27. The van der Waals surface area contributed by atoms with E-state index in [1.54, 1.807) is 6.07 Å². The molecule has 2 unspecified atom stereocenters. The molecule has 0 saturated heterocycles. The molecule has 1 amide bonds. The van der Waals surface area contributed by atoms with E-state index in [0.29, 0.717) is 18.1 Å². The fourth-order valence-corrected chi connectivity index (χ4v) is 2.44. The van der Waals surface area contributed by atoms with E-state index in [1.807, 2.05) is 55.5 Å². The Kier molecular flexibility index (Phi) is 7.57. The molecule has 2 N–H and O–H groups in total. The van der Waals surface area contributed by atoms with E-state index >= 15 is 0 Å². The number of ether oxygens (including phenoxy) is 2. The smallest absolute Gasteiger partial charge is 0.235 e. The Hall–Kier alpha value is -2.24. The van der Waals surface area contributed by atoms with Crippen LogP contribution < -0.4 is 14.8 Å². The van der Waals surface area contributed by atoms with Gasteiger partial charge in [-0.25, -0.2) is 0 Å². The second kappa shape index (κ2) is 9.91. The van der Waals surface area contributed by atoms with Crippen molar-refractivity contribution in [1.29, 1.82) is 0 Å². The third-order valence-corrected chi connectivity index (χ3v) is 3.75. The number of aliphatic hydroxyl groups excluding tert-OH is 1. The first-order chi connectivity index (χ1) is 12.2. The summed E-state index contributed by atoms with van der Waals surface area (Å²) in [4.78, 5) is 11.4. The van der Waals surface area contributed by atoms with Crippen LogP contribution in [0.4, 0.5) is 0 Å². The molecule has 2 atom stereocenters. The Balaban J connectivity index is 2.22. The van der Waals surface area contributed by atoms with E-state index in [4.69, 9.17) is 21.1 Å². The molecule has 0 aliphatic heterocycles. The van der Waals surface area contributed by atoms with Crippen molar-refractivity contribution in [3.05, 3.63) is 60.2 Å². The number of para-hydroxylation sites is 2. The van der Waals surface area contributed by atoms with E-state index in [9.17, 15) is 9.90 Å². The van der Waals surface area contributed by atoms with Gasteiger partial charge in [0, 0.05) is 6.54 Å². The van der Waals surface area contributed by atoms with Crippen LogP contribution in [0.15, 0.2) is 54.6 Å². The van der Waals surface area contributed by atoms with E-state index < -0.39 is 12.2 Å². The zero-order chi connectivity index (χ0) is 18.1. The lowest BCUT2D eigenvalue weighted by Gasteiger charge is -2.26. The molecular weight excluding hydrogens is 342 g/mol. The summed E-state index contributed by atoms with van der Waals surface area (Å²) in [6.07, 6.45) is -1.62. The molecule has 0 fully saturated rings. The monoisotopic (exact) mass is 363 g/mol. The number of benzene rings is 2. The molecule has 25 heavy (non-hydrogen) atoms. The molecule has 6 heteroatoms. The van der Waals surface area contributed by atoms with E-state index in [1.165, 1.54) is 0 Å². The number of nitrogens with one attached hydrogen (secondary N) is 1. The van der Waals surface area contributed by atoms with Crippen LogP contribution in [0.5, 0.6) is 11.5 Å². The van der Waals surface area contributed by atoms with Crippen LogP contribution in [-0.4, -0.2) is 36.1 Å². The van der Waals surface area contributed by atoms with Crippen LogP contribution in [0.25, 0.3) is 0 Å². The van der Waals surface area contributed by atoms with E-state index in [2.05, 4.69) is 5.32 Å². The summed E-state index contributed by atoms with van der Waals surface area (Å²) in [7, 11) is 0. The topological polar surface area (TPSA) is 67.8 Å². The number of alkyl halides is 1. The van der Waals surface area contributed by atoms with Gasteiger partial charge in [0.2, 0.25) is 5.91 Å². The molecule has 5 nitrogen and oxygen atoms in total. The maximum Gasteiger partial charge on any atom is 0.235 e. The van der Waals surface area contributed by atoms with Gasteiger partial charge in [-0.2, -0.15) is 0 Å². The van der Waals surface area contributed by atoms with Gasteiger partial charge >= 0.3 is 0 Å². The molecule has 0 aliphatic carbocycles. The van der Waals surface area contributed by atoms with Crippen molar-refractivity contribution in [3.8, 4) is 11.5 Å². The van der Waals surface area contributed by atoms with Crippen molar-refractivity contribution >= 4 is 17.5 Å². The highest BCUT2D eigenvalue weighted by atomic mass is 35.5. The average Bonchev–Trinajstić information content (AvgIpc) is 2.66. The summed E-state index contributed by atoms with van der Waals surface area (Å²) in [6, 6.07) is 16.6. The summed E-state index contributed by atoms with van der Waals surface area (Å²) in [6.45, 7) is 2.43. The first kappa shape index (κ1) is 19.1. The van der Waals surface area contributed by atoms with Crippen LogP contribution in [0, 0.1) is 0 Å². The maximum atomic E-state index is 11.4. The third kappa shape index (κ3) is 5.66. The Bertz CT molecular complexity index is 665. The molecule has 2 aromatic rings. The lowest BCUT2D eigenvalue weighted by atomic mass is 10.0. The minimum Gasteiger partial charge on any atom is -0.490 e. The first-order valence-electron chi connectivity index (χ1n) is 8.09. The number of hydrogen-bond acceptors (Lipinski definition) is 4. The number of hydrogen-bond donors (Lipinski definition) is 2. The number of aliphatic hydroxyl groups is 1. The predicted octanol–water partition coefficient (Wildman–Crippen LogP) is 2.92. The lowest BCUT2D eigenvalue weighted by molar-refractivity contribution is -0.119. The minimum atomic E-state index is -0.954. The van der Waals surface area contributed by atoms with Gasteiger partial charge in [0.1, 0.15) is 12.0 Å². The predicted molar refractivity (Wildman–Crippen MR) is 97.2 cm³/mol. The Labute approximate surface area is 152 Å². The number of rotatable bonds is 9. The highest BCUT2D eigenvalue weighted by Crippen LogP contribution is 2.32. The van der Waals surface area contributed by atoms with Gasteiger partial charge in [0.25, 0.3) is 0 Å². The SMILES string of the molecule is CCOc1ccccc1OC(c1ccccc1)C(O)CNC(=O)CCl. The van der Waals surface area contributed by atoms with Gasteiger partial charge in [0.15, 0.2) is 17.6 Å². The highest BCUT2D eigenvalue weighted by Gasteiger charge is 2.24. The fraction of sp³-hybridized carbons (Fsp3) is 0.316. The van der Waals surface area contributed by atoms with E-state index in [0.717, 1.165) is 5.56 Å². The molecule has 0 aliphatic rings. The third-order valence-electron chi connectivity index (χ3n) is 3.51. The quantitative estimate of drug-likeness (QED) is 0.672. The Morgan fingerprint density at radius 1 is 1.12 bits per heavy atom. The van der Waals surface area contributed by atoms with Gasteiger partial charge in [-0.3, -0.25) is 4.79 Å². The van der Waals surface area contributed by atoms with Gasteiger partial charge in [0.05, 0.1) is 6.61 Å². The van der Waals surface area contributed by atoms with Gasteiger partial charge in [-0.15, -0.1) is 11.6 Å². The molecule has 0 spiro atoms. The summed E-state index contributed by atoms with van der Waals surface area (Å²) >= 11 is 5.48. The first-order valence-corrected chi connectivity index (χ1v) is 8.63. The van der Waals surface area contributed by atoms with Crippen LogP contribution in [0.3, 0.4) is 0 Å². The Morgan fingerprint density at radius 3 is 2.40 bits per heavy atom. The van der Waals surface area contributed by atoms with Gasteiger partial charge in [-0.05, 0) is 24.6 Å². The van der Waals surface area contributed by atoms with Gasteiger partial charge < -0.3 is 19.9 Å². The van der Waals surface area contributed by atoms with Crippen molar-refractivity contribution in [3.63, 3.8) is 0 Å². The summed E-state index contributed by atoms with van der Waals surface area (Å²) in [5.41, 5.74) is 0.793.